The van der Waals surface area contributed by atoms with Gasteiger partial charge in [-0.25, -0.2) is 9.67 Å². The van der Waals surface area contributed by atoms with Crippen LogP contribution in [0.5, 0.6) is 0 Å². The van der Waals surface area contributed by atoms with Gasteiger partial charge in [0, 0.05) is 16.6 Å². The summed E-state index contributed by atoms with van der Waals surface area (Å²) in [6.07, 6.45) is -4.49. The van der Waals surface area contributed by atoms with E-state index >= 15 is 0 Å². The van der Waals surface area contributed by atoms with Crippen molar-refractivity contribution in [2.45, 2.75) is 33.0 Å². The molecule has 0 aliphatic carbocycles. The molecule has 0 spiro atoms. The SMILES string of the molecule is Cc1nn(C(C)C)c2nc(-c3ccc(Cl)cc3)cc(C(F)(F)F)c12. The topological polar surface area (TPSA) is 30.7 Å². The maximum atomic E-state index is 13.6. The molecular weight excluding hydrogens is 339 g/mol. The van der Waals surface area contributed by atoms with Gasteiger partial charge in [0.15, 0.2) is 5.65 Å². The maximum Gasteiger partial charge on any atom is 0.417 e. The summed E-state index contributed by atoms with van der Waals surface area (Å²) in [5.41, 5.74) is 0.652. The van der Waals surface area contributed by atoms with Crippen LogP contribution in [0.1, 0.15) is 31.1 Å². The van der Waals surface area contributed by atoms with E-state index in [0.29, 0.717) is 16.3 Å². The first-order chi connectivity index (χ1) is 11.2. The maximum absolute atomic E-state index is 13.6. The molecule has 0 saturated heterocycles. The molecule has 1 aromatic carbocycles. The zero-order chi connectivity index (χ0) is 17.6. The summed E-state index contributed by atoms with van der Waals surface area (Å²) in [6.45, 7) is 5.28. The number of rotatable bonds is 2. The van der Waals surface area contributed by atoms with Gasteiger partial charge < -0.3 is 0 Å². The van der Waals surface area contributed by atoms with Gasteiger partial charge in [0.25, 0.3) is 0 Å². The Morgan fingerprint density at radius 3 is 2.29 bits per heavy atom. The second-order valence-electron chi connectivity index (χ2n) is 5.88. The summed E-state index contributed by atoms with van der Waals surface area (Å²) in [4.78, 5) is 4.45. The molecule has 2 heterocycles. The molecule has 0 saturated carbocycles. The minimum Gasteiger partial charge on any atom is -0.244 e. The smallest absolute Gasteiger partial charge is 0.244 e. The molecule has 3 rings (SSSR count). The Kier molecular flexibility index (Phi) is 4.03. The lowest BCUT2D eigenvalue weighted by atomic mass is 10.1. The van der Waals surface area contributed by atoms with Crippen molar-refractivity contribution in [3.05, 3.63) is 46.6 Å². The van der Waals surface area contributed by atoms with E-state index in [1.807, 2.05) is 13.8 Å². The predicted molar refractivity (Wildman–Crippen MR) is 88.1 cm³/mol. The Morgan fingerprint density at radius 2 is 1.75 bits per heavy atom. The Balaban J connectivity index is 2.36. The molecule has 24 heavy (non-hydrogen) atoms. The molecule has 2 aromatic heterocycles. The zero-order valence-electron chi connectivity index (χ0n) is 13.3. The molecule has 0 unspecified atom stereocenters. The van der Waals surface area contributed by atoms with E-state index in [4.69, 9.17) is 11.6 Å². The second-order valence-corrected chi connectivity index (χ2v) is 6.32. The van der Waals surface area contributed by atoms with E-state index < -0.39 is 11.7 Å². The van der Waals surface area contributed by atoms with Crippen molar-refractivity contribution in [1.82, 2.24) is 14.8 Å². The monoisotopic (exact) mass is 353 g/mol. The molecule has 0 bridgehead atoms. The third kappa shape index (κ3) is 2.86. The Hall–Kier alpha value is -2.08. The van der Waals surface area contributed by atoms with Crippen LogP contribution in [-0.2, 0) is 6.18 Å². The van der Waals surface area contributed by atoms with E-state index in [0.717, 1.165) is 6.07 Å². The van der Waals surface area contributed by atoms with Gasteiger partial charge in [-0.15, -0.1) is 0 Å². The number of halogens is 4. The summed E-state index contributed by atoms with van der Waals surface area (Å²) < 4.78 is 42.3. The van der Waals surface area contributed by atoms with E-state index in [1.54, 1.807) is 31.2 Å². The van der Waals surface area contributed by atoms with Crippen LogP contribution in [0, 0.1) is 6.92 Å². The molecule has 0 atom stereocenters. The van der Waals surface area contributed by atoms with Crippen LogP contribution in [0.15, 0.2) is 30.3 Å². The molecule has 0 aliphatic rings. The van der Waals surface area contributed by atoms with Crippen LogP contribution in [0.3, 0.4) is 0 Å². The highest BCUT2D eigenvalue weighted by atomic mass is 35.5. The number of benzene rings is 1. The number of hydrogen-bond acceptors (Lipinski definition) is 2. The fourth-order valence-corrected chi connectivity index (χ4v) is 2.79. The van der Waals surface area contributed by atoms with Crippen molar-refractivity contribution in [3.63, 3.8) is 0 Å². The number of nitrogens with zero attached hydrogens (tertiary/aromatic N) is 3. The van der Waals surface area contributed by atoms with Crippen molar-refractivity contribution >= 4 is 22.6 Å². The summed E-state index contributed by atoms with van der Waals surface area (Å²) in [5.74, 6) is 0. The minimum absolute atomic E-state index is 0.0499. The molecule has 3 nitrogen and oxygen atoms in total. The molecule has 0 N–H and O–H groups in total. The fraction of sp³-hybridized carbons (Fsp3) is 0.294. The molecule has 126 valence electrons. The van der Waals surface area contributed by atoms with Crippen LogP contribution >= 0.6 is 11.6 Å². The van der Waals surface area contributed by atoms with Crippen LogP contribution in [-0.4, -0.2) is 14.8 Å². The standard InChI is InChI=1S/C17H15ClF3N3/c1-9(2)24-16-15(10(3)23-24)13(17(19,20)21)8-14(22-16)11-4-6-12(18)7-5-11/h4-9H,1-3H3. The van der Waals surface area contributed by atoms with Crippen molar-refractivity contribution in [3.8, 4) is 11.3 Å². The second kappa shape index (κ2) is 5.77. The van der Waals surface area contributed by atoms with Crippen molar-refractivity contribution < 1.29 is 13.2 Å². The lowest BCUT2D eigenvalue weighted by molar-refractivity contribution is -0.136. The lowest BCUT2D eigenvalue weighted by Crippen LogP contribution is -2.09. The Morgan fingerprint density at radius 1 is 1.12 bits per heavy atom. The van der Waals surface area contributed by atoms with Gasteiger partial charge in [0.1, 0.15) is 0 Å². The number of fused-ring (bicyclic) bond motifs is 1. The summed E-state index contributed by atoms with van der Waals surface area (Å²) in [5, 5.41) is 4.81. The molecule has 0 amide bonds. The first-order valence-corrected chi connectivity index (χ1v) is 7.79. The van der Waals surface area contributed by atoms with E-state index in [2.05, 4.69) is 10.1 Å². The van der Waals surface area contributed by atoms with Gasteiger partial charge in [0.2, 0.25) is 0 Å². The number of hydrogen-bond donors (Lipinski definition) is 0. The van der Waals surface area contributed by atoms with Crippen LogP contribution < -0.4 is 0 Å². The van der Waals surface area contributed by atoms with Gasteiger partial charge in [-0.05, 0) is 39.0 Å². The third-order valence-corrected chi connectivity index (χ3v) is 4.02. The Bertz CT molecular complexity index is 896. The lowest BCUT2D eigenvalue weighted by Gasteiger charge is -2.12. The predicted octanol–water partition coefficient (Wildman–Crippen LogP) is 5.66. The number of alkyl halides is 3. The van der Waals surface area contributed by atoms with Gasteiger partial charge in [0.05, 0.1) is 22.3 Å². The molecule has 3 aromatic rings. The number of aromatic nitrogens is 3. The van der Waals surface area contributed by atoms with E-state index in [1.165, 1.54) is 4.68 Å². The van der Waals surface area contributed by atoms with Gasteiger partial charge in [-0.2, -0.15) is 18.3 Å². The summed E-state index contributed by atoms with van der Waals surface area (Å²) in [6, 6.07) is 7.53. The average Bonchev–Trinajstić information content (AvgIpc) is 2.83. The van der Waals surface area contributed by atoms with E-state index in [9.17, 15) is 13.2 Å². The van der Waals surface area contributed by atoms with Gasteiger partial charge in [-0.1, -0.05) is 23.7 Å². The van der Waals surface area contributed by atoms with Crippen LogP contribution in [0.4, 0.5) is 13.2 Å². The van der Waals surface area contributed by atoms with Crippen molar-refractivity contribution in [2.75, 3.05) is 0 Å². The third-order valence-electron chi connectivity index (χ3n) is 3.77. The van der Waals surface area contributed by atoms with Crippen molar-refractivity contribution in [1.29, 1.82) is 0 Å². The van der Waals surface area contributed by atoms with Crippen molar-refractivity contribution in [2.24, 2.45) is 0 Å². The summed E-state index contributed by atoms with van der Waals surface area (Å²) >= 11 is 5.85. The highest BCUT2D eigenvalue weighted by Crippen LogP contribution is 2.38. The van der Waals surface area contributed by atoms with E-state index in [-0.39, 0.29) is 22.8 Å². The zero-order valence-corrected chi connectivity index (χ0v) is 14.1. The fourth-order valence-electron chi connectivity index (χ4n) is 2.67. The minimum atomic E-state index is -4.49. The van der Waals surface area contributed by atoms with Gasteiger partial charge >= 0.3 is 6.18 Å². The molecule has 0 radical (unpaired) electrons. The number of aryl methyl sites for hydroxylation is 1. The highest BCUT2D eigenvalue weighted by molar-refractivity contribution is 6.30. The molecule has 7 heteroatoms. The largest absolute Gasteiger partial charge is 0.417 e. The molecular formula is C17H15ClF3N3. The Labute approximate surface area is 142 Å². The highest BCUT2D eigenvalue weighted by Gasteiger charge is 2.35. The molecule has 0 fully saturated rings. The number of pyridine rings is 1. The molecule has 0 aliphatic heterocycles. The quantitative estimate of drug-likeness (QED) is 0.595. The van der Waals surface area contributed by atoms with Crippen LogP contribution in [0.25, 0.3) is 22.3 Å². The normalized spacial score (nSPS) is 12.3. The first-order valence-electron chi connectivity index (χ1n) is 7.41. The first kappa shape index (κ1) is 16.8. The summed E-state index contributed by atoms with van der Waals surface area (Å²) in [7, 11) is 0. The van der Waals surface area contributed by atoms with Gasteiger partial charge in [-0.3, -0.25) is 0 Å². The van der Waals surface area contributed by atoms with Crippen LogP contribution in [0.2, 0.25) is 5.02 Å². The average molecular weight is 354 g/mol.